The lowest BCUT2D eigenvalue weighted by atomic mass is 9.80. The summed E-state index contributed by atoms with van der Waals surface area (Å²) >= 11 is 0. The summed E-state index contributed by atoms with van der Waals surface area (Å²) in [6.45, 7) is 8.50. The quantitative estimate of drug-likeness (QED) is 0.720. The Morgan fingerprint density at radius 1 is 1.25 bits per heavy atom. The summed E-state index contributed by atoms with van der Waals surface area (Å²) < 4.78 is 13.4. The molecular formula is C24H32FN5O2. The van der Waals surface area contributed by atoms with Crippen molar-refractivity contribution in [3.8, 4) is 0 Å². The van der Waals surface area contributed by atoms with E-state index in [1.165, 1.54) is 12.1 Å². The van der Waals surface area contributed by atoms with E-state index in [-0.39, 0.29) is 23.7 Å². The van der Waals surface area contributed by atoms with Crippen molar-refractivity contribution in [3.63, 3.8) is 0 Å². The molecule has 1 aliphatic heterocycles. The van der Waals surface area contributed by atoms with E-state index in [4.69, 9.17) is 0 Å². The number of carbonyl (C=O) groups is 2. The van der Waals surface area contributed by atoms with E-state index < -0.39 is 11.4 Å². The van der Waals surface area contributed by atoms with Crippen LogP contribution in [-0.4, -0.2) is 52.4 Å². The lowest BCUT2D eigenvalue weighted by Crippen LogP contribution is -2.59. The number of halogens is 1. The highest BCUT2D eigenvalue weighted by molar-refractivity contribution is 5.91. The second-order valence-electron chi connectivity index (χ2n) is 9.34. The molecule has 7 nitrogen and oxygen atoms in total. The Morgan fingerprint density at radius 2 is 2.00 bits per heavy atom. The van der Waals surface area contributed by atoms with Gasteiger partial charge in [-0.2, -0.15) is 0 Å². The molecule has 2 amide bonds. The molecule has 2 N–H and O–H groups in total. The van der Waals surface area contributed by atoms with Gasteiger partial charge in [-0.3, -0.25) is 9.59 Å². The number of benzene rings is 1. The smallest absolute Gasteiger partial charge is 0.247 e. The first-order chi connectivity index (χ1) is 15.0. The van der Waals surface area contributed by atoms with Gasteiger partial charge in [0.2, 0.25) is 11.8 Å². The number of anilines is 1. The van der Waals surface area contributed by atoms with Crippen molar-refractivity contribution >= 4 is 17.6 Å². The van der Waals surface area contributed by atoms with Crippen LogP contribution < -0.4 is 10.6 Å². The van der Waals surface area contributed by atoms with Crippen LogP contribution in [-0.2, 0) is 21.4 Å². The maximum Gasteiger partial charge on any atom is 0.247 e. The number of likely N-dealkylation sites (tertiary alicyclic amines) is 1. The van der Waals surface area contributed by atoms with Crippen LogP contribution in [0.3, 0.4) is 0 Å². The molecule has 1 fully saturated rings. The Labute approximate surface area is 188 Å². The number of hydrogen-bond donors (Lipinski definition) is 2. The van der Waals surface area contributed by atoms with E-state index in [0.717, 1.165) is 24.4 Å². The van der Waals surface area contributed by atoms with Gasteiger partial charge in [-0.15, -0.1) is 0 Å². The first-order valence-corrected chi connectivity index (χ1v) is 10.9. The number of aryl methyl sites for hydroxylation is 1. The molecule has 0 unspecified atom stereocenters. The van der Waals surface area contributed by atoms with Crippen molar-refractivity contribution in [2.75, 3.05) is 25.5 Å². The van der Waals surface area contributed by atoms with Gasteiger partial charge in [0.05, 0.1) is 6.42 Å². The maximum absolute atomic E-state index is 13.4. The summed E-state index contributed by atoms with van der Waals surface area (Å²) in [5.41, 5.74) is -0.0402. The SMILES string of the molecule is CNc1cc(C)nc([C@@]2(C)CCCN(C(=O)C(C)(C)NC(=O)Cc3cccc(F)c3)C2)n1. The summed E-state index contributed by atoms with van der Waals surface area (Å²) in [5, 5.41) is 5.89. The number of carbonyl (C=O) groups excluding carboxylic acids is 2. The molecule has 1 atom stereocenters. The Hall–Kier alpha value is -3.03. The van der Waals surface area contributed by atoms with Crippen molar-refractivity contribution in [2.24, 2.45) is 0 Å². The van der Waals surface area contributed by atoms with Crippen LogP contribution in [0, 0.1) is 12.7 Å². The fraction of sp³-hybridized carbons (Fsp3) is 0.500. The minimum atomic E-state index is -1.09. The molecule has 0 aliphatic carbocycles. The fourth-order valence-corrected chi connectivity index (χ4v) is 4.24. The highest BCUT2D eigenvalue weighted by Crippen LogP contribution is 2.33. The van der Waals surface area contributed by atoms with Gasteiger partial charge in [-0.25, -0.2) is 14.4 Å². The summed E-state index contributed by atoms with van der Waals surface area (Å²) in [6.07, 6.45) is 1.70. The van der Waals surface area contributed by atoms with E-state index in [1.54, 1.807) is 30.9 Å². The van der Waals surface area contributed by atoms with Crippen LogP contribution in [0.1, 0.15) is 50.7 Å². The molecule has 1 aliphatic rings. The standard InChI is InChI=1S/C24H32FN5O2/c1-16-12-19(26-5)28-21(27-16)24(4)10-7-11-30(15-24)22(32)23(2,3)29-20(31)14-17-8-6-9-18(25)13-17/h6,8-9,12-13H,7,10-11,14-15H2,1-5H3,(H,29,31)(H,26,27,28)/t24-/m0/s1. The van der Waals surface area contributed by atoms with Crippen LogP contribution in [0.15, 0.2) is 30.3 Å². The van der Waals surface area contributed by atoms with Crippen molar-refractivity contribution in [1.82, 2.24) is 20.2 Å². The molecule has 0 spiro atoms. The third-order valence-corrected chi connectivity index (χ3v) is 5.87. The number of piperidine rings is 1. The van der Waals surface area contributed by atoms with Crippen molar-refractivity contribution in [1.29, 1.82) is 0 Å². The molecule has 1 aromatic carbocycles. The third-order valence-electron chi connectivity index (χ3n) is 5.87. The number of rotatable bonds is 6. The molecule has 172 valence electrons. The van der Waals surface area contributed by atoms with Gasteiger partial charge in [0.1, 0.15) is 23.0 Å². The summed E-state index contributed by atoms with van der Waals surface area (Å²) in [7, 11) is 1.82. The van der Waals surface area contributed by atoms with Gasteiger partial charge < -0.3 is 15.5 Å². The Bertz CT molecular complexity index is 1010. The molecule has 8 heteroatoms. The third kappa shape index (κ3) is 5.41. The number of aromatic nitrogens is 2. The monoisotopic (exact) mass is 441 g/mol. The van der Waals surface area contributed by atoms with Gasteiger partial charge in [0.25, 0.3) is 0 Å². The molecule has 2 aromatic rings. The van der Waals surface area contributed by atoms with E-state index in [1.807, 2.05) is 20.0 Å². The van der Waals surface area contributed by atoms with Crippen LogP contribution in [0.5, 0.6) is 0 Å². The minimum absolute atomic E-state index is 0.0100. The molecule has 1 aromatic heterocycles. The van der Waals surface area contributed by atoms with Crippen molar-refractivity contribution < 1.29 is 14.0 Å². The highest BCUT2D eigenvalue weighted by atomic mass is 19.1. The molecule has 3 rings (SSSR count). The lowest BCUT2D eigenvalue weighted by Gasteiger charge is -2.42. The normalized spacial score (nSPS) is 18.9. The zero-order chi connectivity index (χ0) is 23.5. The molecule has 0 radical (unpaired) electrons. The second-order valence-corrected chi connectivity index (χ2v) is 9.34. The van der Waals surface area contributed by atoms with Crippen LogP contribution >= 0.6 is 0 Å². The Balaban J connectivity index is 1.71. The zero-order valence-corrected chi connectivity index (χ0v) is 19.5. The average Bonchev–Trinajstić information content (AvgIpc) is 2.72. The lowest BCUT2D eigenvalue weighted by molar-refractivity contribution is -0.142. The van der Waals surface area contributed by atoms with Crippen LogP contribution in [0.4, 0.5) is 10.2 Å². The average molecular weight is 442 g/mol. The Kier molecular flexibility index (Phi) is 6.81. The summed E-state index contributed by atoms with van der Waals surface area (Å²) in [6, 6.07) is 7.80. The zero-order valence-electron chi connectivity index (χ0n) is 19.5. The van der Waals surface area contributed by atoms with E-state index in [2.05, 4.69) is 27.5 Å². The number of amides is 2. The first-order valence-electron chi connectivity index (χ1n) is 10.9. The van der Waals surface area contributed by atoms with Gasteiger partial charge in [-0.1, -0.05) is 19.1 Å². The van der Waals surface area contributed by atoms with Crippen molar-refractivity contribution in [2.45, 2.75) is 57.9 Å². The van der Waals surface area contributed by atoms with E-state index >= 15 is 0 Å². The molecule has 0 bridgehead atoms. The Morgan fingerprint density at radius 3 is 2.69 bits per heavy atom. The van der Waals surface area contributed by atoms with Gasteiger partial charge in [-0.05, 0) is 51.3 Å². The predicted octanol–water partition coefficient (Wildman–Crippen LogP) is 2.98. The maximum atomic E-state index is 13.4. The van der Waals surface area contributed by atoms with Gasteiger partial charge in [0.15, 0.2) is 0 Å². The molecule has 2 heterocycles. The largest absolute Gasteiger partial charge is 0.373 e. The number of nitrogens with zero attached hydrogens (tertiary/aromatic N) is 3. The van der Waals surface area contributed by atoms with Crippen molar-refractivity contribution in [3.05, 3.63) is 53.2 Å². The first kappa shape index (κ1) is 23.6. The topological polar surface area (TPSA) is 87.2 Å². The van der Waals surface area contributed by atoms with Crippen LogP contribution in [0.2, 0.25) is 0 Å². The highest BCUT2D eigenvalue weighted by Gasteiger charge is 2.41. The second kappa shape index (κ2) is 9.22. The van der Waals surface area contributed by atoms with E-state index in [0.29, 0.717) is 24.5 Å². The molecule has 32 heavy (non-hydrogen) atoms. The number of nitrogens with one attached hydrogen (secondary N) is 2. The number of hydrogen-bond acceptors (Lipinski definition) is 5. The van der Waals surface area contributed by atoms with Gasteiger partial charge >= 0.3 is 0 Å². The summed E-state index contributed by atoms with van der Waals surface area (Å²) in [5.74, 6) is 0.597. The van der Waals surface area contributed by atoms with E-state index in [9.17, 15) is 14.0 Å². The molecule has 0 saturated carbocycles. The summed E-state index contributed by atoms with van der Waals surface area (Å²) in [4.78, 5) is 37.0. The van der Waals surface area contributed by atoms with Gasteiger partial charge in [0, 0.05) is 37.3 Å². The molecular weight excluding hydrogens is 409 g/mol. The van der Waals surface area contributed by atoms with Crippen LogP contribution in [0.25, 0.3) is 0 Å². The fourth-order valence-electron chi connectivity index (χ4n) is 4.24. The minimum Gasteiger partial charge on any atom is -0.373 e. The molecule has 1 saturated heterocycles. The predicted molar refractivity (Wildman–Crippen MR) is 122 cm³/mol.